The number of carbonyl (C=O) groups is 1. The third-order valence-corrected chi connectivity index (χ3v) is 3.07. The van der Waals surface area contributed by atoms with E-state index in [2.05, 4.69) is 10.3 Å². The number of aromatic nitrogens is 2. The molecule has 3 N–H and O–H groups in total. The summed E-state index contributed by atoms with van der Waals surface area (Å²) in [6.07, 6.45) is 5.12. The average Bonchev–Trinajstić information content (AvgIpc) is 2.97. The highest BCUT2D eigenvalue weighted by Crippen LogP contribution is 2.23. The smallest absolute Gasteiger partial charge is 0.237 e. The number of aryl methyl sites for hydroxylation is 1. The van der Waals surface area contributed by atoms with Crippen LogP contribution in [0.2, 0.25) is 0 Å². The second kappa shape index (κ2) is 4.89. The largest absolute Gasteiger partial charge is 0.467 e. The van der Waals surface area contributed by atoms with Gasteiger partial charge in [-0.25, -0.2) is 4.98 Å². The predicted octanol–water partition coefficient (Wildman–Crippen LogP) is 0.956. The van der Waals surface area contributed by atoms with Crippen molar-refractivity contribution in [2.75, 3.05) is 0 Å². The first-order valence-corrected chi connectivity index (χ1v) is 6.00. The van der Waals surface area contributed by atoms with Gasteiger partial charge in [0.05, 0.1) is 11.8 Å². The van der Waals surface area contributed by atoms with Crippen LogP contribution in [0.3, 0.4) is 0 Å². The normalized spacial score (nSPS) is 13.4. The molecule has 1 unspecified atom stereocenters. The lowest BCUT2D eigenvalue weighted by molar-refractivity contribution is -0.123. The van der Waals surface area contributed by atoms with Gasteiger partial charge in [0.15, 0.2) is 0 Å². The molecular formula is C13H18N4O2. The van der Waals surface area contributed by atoms with E-state index >= 15 is 0 Å². The molecule has 2 aromatic heterocycles. The Morgan fingerprint density at radius 2 is 2.32 bits per heavy atom. The third-order valence-electron chi connectivity index (χ3n) is 3.07. The Kier molecular flexibility index (Phi) is 3.44. The van der Waals surface area contributed by atoms with E-state index in [0.717, 1.165) is 5.82 Å². The second-order valence-corrected chi connectivity index (χ2v) is 4.98. The lowest BCUT2D eigenvalue weighted by Crippen LogP contribution is -2.52. The Bertz CT molecular complexity index is 557. The monoisotopic (exact) mass is 262 g/mol. The molecule has 0 aliphatic heterocycles. The fraction of sp³-hybridized carbons (Fsp3) is 0.385. The number of furan rings is 1. The zero-order valence-electron chi connectivity index (χ0n) is 11.3. The van der Waals surface area contributed by atoms with Crippen LogP contribution >= 0.6 is 0 Å². The van der Waals surface area contributed by atoms with Gasteiger partial charge in [-0.3, -0.25) is 10.1 Å². The van der Waals surface area contributed by atoms with E-state index in [9.17, 15) is 4.79 Å². The van der Waals surface area contributed by atoms with Crippen molar-refractivity contribution in [2.45, 2.75) is 25.4 Å². The van der Waals surface area contributed by atoms with Gasteiger partial charge in [-0.2, -0.15) is 0 Å². The van der Waals surface area contributed by atoms with Gasteiger partial charge < -0.3 is 14.7 Å². The molecule has 6 heteroatoms. The Morgan fingerprint density at radius 1 is 1.58 bits per heavy atom. The lowest BCUT2D eigenvalue weighted by Gasteiger charge is -2.27. The zero-order chi connectivity index (χ0) is 14.0. The molecule has 1 atom stereocenters. The molecule has 0 aliphatic rings. The summed E-state index contributed by atoms with van der Waals surface area (Å²) >= 11 is 0. The fourth-order valence-corrected chi connectivity index (χ4v) is 1.81. The molecule has 0 spiro atoms. The van der Waals surface area contributed by atoms with Crippen LogP contribution in [0.25, 0.3) is 0 Å². The summed E-state index contributed by atoms with van der Waals surface area (Å²) in [4.78, 5) is 15.8. The van der Waals surface area contributed by atoms with Crippen molar-refractivity contribution < 1.29 is 9.21 Å². The molecule has 2 heterocycles. The van der Waals surface area contributed by atoms with Crippen LogP contribution in [-0.4, -0.2) is 21.0 Å². The topological polar surface area (TPSA) is 86.1 Å². The van der Waals surface area contributed by atoms with Gasteiger partial charge in [-0.05, 0) is 26.0 Å². The van der Waals surface area contributed by atoms with Gasteiger partial charge in [0.2, 0.25) is 5.91 Å². The molecule has 1 amide bonds. The number of amides is 1. The van der Waals surface area contributed by atoms with Crippen molar-refractivity contribution in [3.05, 3.63) is 42.4 Å². The van der Waals surface area contributed by atoms with E-state index in [0.29, 0.717) is 5.76 Å². The summed E-state index contributed by atoms with van der Waals surface area (Å²) in [5.74, 6) is 1.01. The maximum atomic E-state index is 11.5. The first kappa shape index (κ1) is 13.4. The predicted molar refractivity (Wildman–Crippen MR) is 70.2 cm³/mol. The molecule has 102 valence electrons. The van der Waals surface area contributed by atoms with Crippen molar-refractivity contribution in [1.29, 1.82) is 0 Å². The van der Waals surface area contributed by atoms with E-state index in [1.165, 1.54) is 0 Å². The van der Waals surface area contributed by atoms with Crippen molar-refractivity contribution in [1.82, 2.24) is 14.9 Å². The van der Waals surface area contributed by atoms with Crippen LogP contribution in [-0.2, 0) is 11.8 Å². The molecule has 0 radical (unpaired) electrons. The van der Waals surface area contributed by atoms with Crippen LogP contribution < -0.4 is 11.1 Å². The molecule has 2 rings (SSSR count). The van der Waals surface area contributed by atoms with Gasteiger partial charge >= 0.3 is 0 Å². The molecule has 0 saturated carbocycles. The molecule has 0 aliphatic carbocycles. The Morgan fingerprint density at radius 3 is 2.79 bits per heavy atom. The zero-order valence-corrected chi connectivity index (χ0v) is 11.3. The van der Waals surface area contributed by atoms with Crippen molar-refractivity contribution in [3.63, 3.8) is 0 Å². The number of hydrogen-bond donors (Lipinski definition) is 2. The summed E-state index contributed by atoms with van der Waals surface area (Å²) in [5.41, 5.74) is 4.53. The Hall–Kier alpha value is -2.08. The highest BCUT2D eigenvalue weighted by atomic mass is 16.3. The maximum Gasteiger partial charge on any atom is 0.237 e. The molecule has 19 heavy (non-hydrogen) atoms. The van der Waals surface area contributed by atoms with Crippen LogP contribution in [0.1, 0.15) is 31.5 Å². The molecule has 2 aromatic rings. The van der Waals surface area contributed by atoms with Crippen molar-refractivity contribution in [3.8, 4) is 0 Å². The number of rotatable bonds is 5. The van der Waals surface area contributed by atoms with Crippen molar-refractivity contribution >= 4 is 5.91 Å². The van der Waals surface area contributed by atoms with Crippen molar-refractivity contribution in [2.24, 2.45) is 12.8 Å². The highest BCUT2D eigenvalue weighted by molar-refractivity contribution is 5.83. The number of nitrogens with zero attached hydrogens (tertiary/aromatic N) is 2. The number of imidazole rings is 1. The van der Waals surface area contributed by atoms with Gasteiger partial charge in [0.25, 0.3) is 0 Å². The first-order chi connectivity index (χ1) is 8.92. The van der Waals surface area contributed by atoms with E-state index in [1.54, 1.807) is 32.4 Å². The van der Waals surface area contributed by atoms with Gasteiger partial charge in [0, 0.05) is 19.4 Å². The van der Waals surface area contributed by atoms with Crippen LogP contribution in [0.5, 0.6) is 0 Å². The number of hydrogen-bond acceptors (Lipinski definition) is 4. The third kappa shape index (κ3) is 2.68. The fourth-order valence-electron chi connectivity index (χ4n) is 1.81. The van der Waals surface area contributed by atoms with E-state index in [4.69, 9.17) is 10.2 Å². The number of primary amides is 1. The molecule has 0 saturated heterocycles. The number of nitrogens with one attached hydrogen (secondary N) is 1. The van der Waals surface area contributed by atoms with E-state index in [-0.39, 0.29) is 6.04 Å². The molecule has 6 nitrogen and oxygen atoms in total. The molecular weight excluding hydrogens is 244 g/mol. The lowest BCUT2D eigenvalue weighted by atomic mass is 10.0. The molecule has 0 aromatic carbocycles. The summed E-state index contributed by atoms with van der Waals surface area (Å²) < 4.78 is 7.30. The van der Waals surface area contributed by atoms with Gasteiger partial charge in [0.1, 0.15) is 17.6 Å². The summed E-state index contributed by atoms with van der Waals surface area (Å²) in [7, 11) is 1.89. The minimum atomic E-state index is -0.872. The van der Waals surface area contributed by atoms with Crippen LogP contribution in [0.4, 0.5) is 0 Å². The highest BCUT2D eigenvalue weighted by Gasteiger charge is 2.32. The summed E-state index contributed by atoms with van der Waals surface area (Å²) in [6, 6.07) is 3.30. The van der Waals surface area contributed by atoms with E-state index < -0.39 is 11.4 Å². The Balaban J connectivity index is 2.37. The quantitative estimate of drug-likeness (QED) is 0.840. The second-order valence-electron chi connectivity index (χ2n) is 4.98. The SMILES string of the molecule is Cn1ccnc1C(NC(C)(C)C(N)=O)c1ccco1. The average molecular weight is 262 g/mol. The van der Waals surface area contributed by atoms with Crippen LogP contribution in [0, 0.1) is 0 Å². The van der Waals surface area contributed by atoms with Gasteiger partial charge in [-0.15, -0.1) is 0 Å². The first-order valence-electron chi connectivity index (χ1n) is 6.00. The number of nitrogens with two attached hydrogens (primary N) is 1. The number of carbonyl (C=O) groups excluding carboxylic acids is 1. The minimum Gasteiger partial charge on any atom is -0.467 e. The molecule has 0 bridgehead atoms. The molecule has 0 fully saturated rings. The van der Waals surface area contributed by atoms with Crippen LogP contribution in [0.15, 0.2) is 35.2 Å². The summed E-state index contributed by atoms with van der Waals surface area (Å²) in [6.45, 7) is 3.46. The Labute approximate surface area is 111 Å². The maximum absolute atomic E-state index is 11.5. The van der Waals surface area contributed by atoms with E-state index in [1.807, 2.05) is 23.9 Å². The minimum absolute atomic E-state index is 0.336. The van der Waals surface area contributed by atoms with Gasteiger partial charge in [-0.1, -0.05) is 0 Å². The summed E-state index contributed by atoms with van der Waals surface area (Å²) in [5, 5.41) is 3.19. The standard InChI is InChI=1S/C13H18N4O2/c1-13(2,12(14)18)16-10(9-5-4-8-19-9)11-15-6-7-17(11)3/h4-8,10,16H,1-3H3,(H2,14,18).